The Balaban J connectivity index is 4.14. The lowest BCUT2D eigenvalue weighted by molar-refractivity contribution is -0.0454. The van der Waals surface area contributed by atoms with Crippen molar-refractivity contribution in [3.05, 3.63) is 0 Å². The molecule has 0 aromatic rings. The molecule has 0 unspecified atom stereocenters. The Morgan fingerprint density at radius 2 is 1.67 bits per heavy atom. The summed E-state index contributed by atoms with van der Waals surface area (Å²) in [5, 5.41) is 0. The Bertz CT molecular complexity index is 95.6. The number of hydrogen-bond donors (Lipinski definition) is 2. The minimum absolute atomic E-state index is 0.212. The van der Waals surface area contributed by atoms with Gasteiger partial charge in [-0.1, -0.05) is 0 Å². The lowest BCUT2D eigenvalue weighted by Gasteiger charge is -2.29. The highest BCUT2D eigenvalue weighted by Crippen LogP contribution is 2.23. The molecule has 0 spiro atoms. The molecular formula is C5H12F2N2. The number of nitrogens with two attached hydrogens (primary N) is 2. The molecular weight excluding hydrogens is 126 g/mol. The van der Waals surface area contributed by atoms with Gasteiger partial charge in [-0.2, -0.15) is 0 Å². The second kappa shape index (κ2) is 2.19. The Morgan fingerprint density at radius 3 is 1.67 bits per heavy atom. The molecule has 0 fully saturated rings. The van der Waals surface area contributed by atoms with Crippen LogP contribution >= 0.6 is 0 Å². The van der Waals surface area contributed by atoms with Gasteiger partial charge in [0, 0.05) is 13.5 Å². The van der Waals surface area contributed by atoms with E-state index in [1.165, 1.54) is 6.92 Å². The molecule has 0 saturated carbocycles. The highest BCUT2D eigenvalue weighted by Gasteiger charge is 2.41. The van der Waals surface area contributed by atoms with Crippen LogP contribution in [0.1, 0.15) is 13.8 Å². The topological polar surface area (TPSA) is 52.0 Å². The van der Waals surface area contributed by atoms with Crippen LogP contribution in [0.5, 0.6) is 0 Å². The van der Waals surface area contributed by atoms with E-state index in [0.29, 0.717) is 0 Å². The molecule has 0 bridgehead atoms. The first-order chi connectivity index (χ1) is 3.81. The predicted octanol–water partition coefficient (Wildman–Crippen LogP) is 0.318. The molecule has 0 rings (SSSR count). The van der Waals surface area contributed by atoms with E-state index in [1.807, 2.05) is 0 Å². The standard InChI is InChI=1S/C5H12F2N2/c1-4(9,3-8)5(2,6)7/h3,8-9H2,1-2H3/t4-/m0/s1. The Hall–Kier alpha value is -0.220. The van der Waals surface area contributed by atoms with Crippen LogP contribution in [-0.2, 0) is 0 Å². The van der Waals surface area contributed by atoms with E-state index in [2.05, 4.69) is 0 Å². The van der Waals surface area contributed by atoms with Gasteiger partial charge in [-0.05, 0) is 6.92 Å². The maximum atomic E-state index is 12.3. The number of halogens is 2. The van der Waals surface area contributed by atoms with Crippen LogP contribution in [0, 0.1) is 0 Å². The third-order valence-electron chi connectivity index (χ3n) is 1.43. The molecule has 4 heteroatoms. The van der Waals surface area contributed by atoms with Crippen molar-refractivity contribution in [3.8, 4) is 0 Å². The number of rotatable bonds is 2. The van der Waals surface area contributed by atoms with Crippen LogP contribution in [0.3, 0.4) is 0 Å². The SMILES string of the molecule is CC(F)(F)[C@@](C)(N)CN. The van der Waals surface area contributed by atoms with Gasteiger partial charge in [0.15, 0.2) is 0 Å². The number of alkyl halides is 2. The third kappa shape index (κ3) is 1.87. The van der Waals surface area contributed by atoms with Crippen molar-refractivity contribution in [2.24, 2.45) is 11.5 Å². The molecule has 0 aliphatic rings. The Kier molecular flexibility index (Phi) is 2.14. The average Bonchev–Trinajstić information content (AvgIpc) is 1.64. The highest BCUT2D eigenvalue weighted by atomic mass is 19.3. The first-order valence-electron chi connectivity index (χ1n) is 2.68. The highest BCUT2D eigenvalue weighted by molar-refractivity contribution is 4.91. The van der Waals surface area contributed by atoms with Gasteiger partial charge < -0.3 is 11.5 Å². The van der Waals surface area contributed by atoms with Crippen LogP contribution in [0.15, 0.2) is 0 Å². The predicted molar refractivity (Wildman–Crippen MR) is 32.3 cm³/mol. The minimum atomic E-state index is -2.90. The molecule has 1 atom stereocenters. The fourth-order valence-corrected chi connectivity index (χ4v) is 0.179. The summed E-state index contributed by atoms with van der Waals surface area (Å²) in [6.07, 6.45) is 0. The molecule has 0 heterocycles. The summed E-state index contributed by atoms with van der Waals surface area (Å²) in [7, 11) is 0. The van der Waals surface area contributed by atoms with E-state index in [1.54, 1.807) is 0 Å². The summed E-state index contributed by atoms with van der Waals surface area (Å²) >= 11 is 0. The van der Waals surface area contributed by atoms with Gasteiger partial charge in [0.05, 0.1) is 5.54 Å². The van der Waals surface area contributed by atoms with E-state index in [4.69, 9.17) is 11.5 Å². The van der Waals surface area contributed by atoms with Crippen molar-refractivity contribution in [2.75, 3.05) is 6.54 Å². The summed E-state index contributed by atoms with van der Waals surface area (Å²) < 4.78 is 24.6. The van der Waals surface area contributed by atoms with Gasteiger partial charge in [0.1, 0.15) is 0 Å². The van der Waals surface area contributed by atoms with Crippen molar-refractivity contribution in [2.45, 2.75) is 25.3 Å². The van der Waals surface area contributed by atoms with Crippen molar-refractivity contribution < 1.29 is 8.78 Å². The Labute approximate surface area is 53.2 Å². The number of hydrogen-bond acceptors (Lipinski definition) is 2. The van der Waals surface area contributed by atoms with Crippen LogP contribution < -0.4 is 11.5 Å². The van der Waals surface area contributed by atoms with Gasteiger partial charge in [0.25, 0.3) is 5.92 Å². The summed E-state index contributed by atoms with van der Waals surface area (Å²) in [6, 6.07) is 0. The molecule has 0 aliphatic carbocycles. The zero-order valence-electron chi connectivity index (χ0n) is 5.62. The molecule has 0 aromatic carbocycles. The van der Waals surface area contributed by atoms with E-state index < -0.39 is 11.5 Å². The lowest BCUT2D eigenvalue weighted by atomic mass is 9.97. The van der Waals surface area contributed by atoms with Gasteiger partial charge in [-0.15, -0.1) is 0 Å². The van der Waals surface area contributed by atoms with Crippen molar-refractivity contribution in [1.29, 1.82) is 0 Å². The zero-order chi connectivity index (χ0) is 7.71. The molecule has 0 amide bonds. The molecule has 2 nitrogen and oxygen atoms in total. The van der Waals surface area contributed by atoms with E-state index in [9.17, 15) is 8.78 Å². The lowest BCUT2D eigenvalue weighted by Crippen LogP contribution is -2.56. The molecule has 56 valence electrons. The largest absolute Gasteiger partial charge is 0.328 e. The van der Waals surface area contributed by atoms with Gasteiger partial charge in [0.2, 0.25) is 0 Å². The average molecular weight is 138 g/mol. The van der Waals surface area contributed by atoms with Gasteiger partial charge >= 0.3 is 0 Å². The van der Waals surface area contributed by atoms with Crippen LogP contribution in [0.2, 0.25) is 0 Å². The van der Waals surface area contributed by atoms with Gasteiger partial charge in [-0.3, -0.25) is 0 Å². The van der Waals surface area contributed by atoms with E-state index in [0.717, 1.165) is 6.92 Å². The normalized spacial score (nSPS) is 19.3. The van der Waals surface area contributed by atoms with Gasteiger partial charge in [-0.25, -0.2) is 8.78 Å². The minimum Gasteiger partial charge on any atom is -0.328 e. The smallest absolute Gasteiger partial charge is 0.263 e. The fraction of sp³-hybridized carbons (Fsp3) is 1.00. The second-order valence-electron chi connectivity index (χ2n) is 2.51. The maximum Gasteiger partial charge on any atom is 0.263 e. The Morgan fingerprint density at radius 1 is 1.33 bits per heavy atom. The van der Waals surface area contributed by atoms with Crippen LogP contribution in [0.4, 0.5) is 8.78 Å². The molecule has 0 aliphatic heterocycles. The van der Waals surface area contributed by atoms with E-state index in [-0.39, 0.29) is 6.54 Å². The molecule has 0 saturated heterocycles. The summed E-state index contributed by atoms with van der Waals surface area (Å²) in [5.74, 6) is -2.90. The monoisotopic (exact) mass is 138 g/mol. The summed E-state index contributed by atoms with van der Waals surface area (Å²) in [5.41, 5.74) is 8.53. The quantitative estimate of drug-likeness (QED) is 0.577. The maximum absolute atomic E-state index is 12.3. The van der Waals surface area contributed by atoms with Crippen molar-refractivity contribution in [3.63, 3.8) is 0 Å². The molecule has 0 radical (unpaired) electrons. The first-order valence-corrected chi connectivity index (χ1v) is 2.68. The van der Waals surface area contributed by atoms with Crippen LogP contribution in [-0.4, -0.2) is 18.0 Å². The fourth-order valence-electron chi connectivity index (χ4n) is 0.179. The summed E-state index contributed by atoms with van der Waals surface area (Å²) in [6.45, 7) is 1.78. The molecule has 9 heavy (non-hydrogen) atoms. The zero-order valence-corrected chi connectivity index (χ0v) is 5.62. The van der Waals surface area contributed by atoms with Crippen molar-refractivity contribution in [1.82, 2.24) is 0 Å². The molecule has 4 N–H and O–H groups in total. The summed E-state index contributed by atoms with van der Waals surface area (Å²) in [4.78, 5) is 0. The van der Waals surface area contributed by atoms with Crippen molar-refractivity contribution >= 4 is 0 Å². The van der Waals surface area contributed by atoms with Crippen LogP contribution in [0.25, 0.3) is 0 Å². The van der Waals surface area contributed by atoms with E-state index >= 15 is 0 Å². The molecule has 0 aromatic heterocycles. The second-order valence-corrected chi connectivity index (χ2v) is 2.51. The third-order valence-corrected chi connectivity index (χ3v) is 1.43. The first kappa shape index (κ1) is 8.78.